The van der Waals surface area contributed by atoms with E-state index in [1.54, 1.807) is 11.9 Å². The van der Waals surface area contributed by atoms with Crippen molar-refractivity contribution in [2.45, 2.75) is 51.5 Å². The number of nitrogens with one attached hydrogen (secondary N) is 2. The first-order valence-corrected chi connectivity index (χ1v) is 12.4. The van der Waals surface area contributed by atoms with Gasteiger partial charge in [0.2, 0.25) is 0 Å². The number of benzene rings is 3. The third-order valence-electron chi connectivity index (χ3n) is 5.40. The summed E-state index contributed by atoms with van der Waals surface area (Å²) in [7, 11) is 0. The number of para-hydroxylation sites is 2. The number of nitrogens with two attached hydrogens (primary N) is 1. The van der Waals surface area contributed by atoms with Crippen LogP contribution in [0, 0.1) is 0 Å². The summed E-state index contributed by atoms with van der Waals surface area (Å²) in [6, 6.07) is 24.2. The highest BCUT2D eigenvalue weighted by molar-refractivity contribution is 7.99. The molecular formula is C27H33N3O2S. The molecule has 3 rings (SSSR count). The van der Waals surface area contributed by atoms with Crippen molar-refractivity contribution in [2.24, 2.45) is 0 Å². The number of carbonyl (C=O) groups excluding carboxylic acids is 1. The van der Waals surface area contributed by atoms with Crippen LogP contribution in [0.1, 0.15) is 55.0 Å². The van der Waals surface area contributed by atoms with Crippen molar-refractivity contribution in [3.05, 3.63) is 95.1 Å². The third-order valence-corrected chi connectivity index (χ3v) is 6.24. The second-order valence-corrected chi connectivity index (χ2v) is 8.71. The molecule has 1 amide bonds. The molecule has 1 unspecified atom stereocenters. The average Bonchev–Trinajstić information content (AvgIpc) is 2.84. The molecule has 0 bridgehead atoms. The summed E-state index contributed by atoms with van der Waals surface area (Å²) in [5, 5.41) is 2.88. The van der Waals surface area contributed by atoms with Crippen LogP contribution in [0.25, 0.3) is 0 Å². The Morgan fingerprint density at radius 3 is 2.27 bits per heavy atom. The molecule has 0 saturated heterocycles. The number of anilines is 2. The van der Waals surface area contributed by atoms with E-state index in [0.29, 0.717) is 6.54 Å². The minimum atomic E-state index is -0.391. The molecule has 33 heavy (non-hydrogen) atoms. The Bertz CT molecular complexity index is 1010. The van der Waals surface area contributed by atoms with Crippen LogP contribution in [-0.2, 0) is 23.5 Å². The lowest BCUT2D eigenvalue weighted by Crippen LogP contribution is -2.25. The van der Waals surface area contributed by atoms with E-state index in [4.69, 9.17) is 10.5 Å². The number of hydrogen-bond acceptors (Lipinski definition) is 5. The van der Waals surface area contributed by atoms with Crippen molar-refractivity contribution in [3.63, 3.8) is 0 Å². The van der Waals surface area contributed by atoms with Crippen molar-refractivity contribution >= 4 is 29.4 Å². The Balaban J connectivity index is 1.45. The zero-order valence-electron chi connectivity index (χ0n) is 19.3. The second-order valence-electron chi connectivity index (χ2n) is 7.93. The molecule has 0 fully saturated rings. The van der Waals surface area contributed by atoms with Crippen LogP contribution >= 0.6 is 11.9 Å². The molecule has 3 aromatic carbocycles. The van der Waals surface area contributed by atoms with Gasteiger partial charge in [0.15, 0.2) is 0 Å². The average molecular weight is 464 g/mol. The van der Waals surface area contributed by atoms with Crippen molar-refractivity contribution < 1.29 is 9.53 Å². The normalized spacial score (nSPS) is 11.6. The monoisotopic (exact) mass is 463 g/mol. The van der Waals surface area contributed by atoms with Crippen LogP contribution in [-0.4, -0.2) is 6.09 Å². The van der Waals surface area contributed by atoms with Crippen molar-refractivity contribution in [1.82, 2.24) is 5.32 Å². The number of alkyl carbamates (subject to hydrolysis) is 1. The Morgan fingerprint density at radius 2 is 1.61 bits per heavy atom. The first-order valence-electron chi connectivity index (χ1n) is 11.4. The van der Waals surface area contributed by atoms with E-state index in [-0.39, 0.29) is 6.10 Å². The summed E-state index contributed by atoms with van der Waals surface area (Å²) >= 11 is 1.59. The fraction of sp³-hybridized carbons (Fsp3) is 0.296. The molecule has 6 heteroatoms. The van der Waals surface area contributed by atoms with Crippen LogP contribution in [0.4, 0.5) is 16.2 Å². The van der Waals surface area contributed by atoms with Gasteiger partial charge in [-0.3, -0.25) is 0 Å². The zero-order chi connectivity index (χ0) is 23.5. The molecule has 174 valence electrons. The van der Waals surface area contributed by atoms with Crippen molar-refractivity contribution in [3.8, 4) is 0 Å². The predicted molar refractivity (Wildman–Crippen MR) is 139 cm³/mol. The van der Waals surface area contributed by atoms with Crippen LogP contribution in [0.2, 0.25) is 0 Å². The molecule has 0 saturated carbocycles. The third kappa shape index (κ3) is 7.75. The smallest absolute Gasteiger partial charge is 0.408 e. The quantitative estimate of drug-likeness (QED) is 0.214. The lowest BCUT2D eigenvalue weighted by atomic mass is 10.0. The van der Waals surface area contributed by atoms with Crippen LogP contribution < -0.4 is 15.8 Å². The van der Waals surface area contributed by atoms with Crippen molar-refractivity contribution in [1.29, 1.82) is 0 Å². The van der Waals surface area contributed by atoms with Gasteiger partial charge in [-0.25, -0.2) is 4.79 Å². The van der Waals surface area contributed by atoms with Gasteiger partial charge in [0.05, 0.1) is 11.4 Å². The number of amides is 1. The van der Waals surface area contributed by atoms with E-state index in [1.165, 1.54) is 11.1 Å². The first kappa shape index (κ1) is 24.5. The van der Waals surface area contributed by atoms with E-state index >= 15 is 0 Å². The zero-order valence-corrected chi connectivity index (χ0v) is 20.2. The predicted octanol–water partition coefficient (Wildman–Crippen LogP) is 6.86. The van der Waals surface area contributed by atoms with Gasteiger partial charge in [0, 0.05) is 12.3 Å². The molecule has 0 aromatic heterocycles. The highest BCUT2D eigenvalue weighted by Gasteiger charge is 2.16. The van der Waals surface area contributed by atoms with Gasteiger partial charge in [-0.05, 0) is 59.2 Å². The van der Waals surface area contributed by atoms with Crippen molar-refractivity contribution in [2.75, 3.05) is 10.5 Å². The summed E-state index contributed by atoms with van der Waals surface area (Å²) in [4.78, 5) is 12.4. The van der Waals surface area contributed by atoms with Crippen LogP contribution in [0.3, 0.4) is 0 Å². The summed E-state index contributed by atoms with van der Waals surface area (Å²) in [5.41, 5.74) is 12.1. The molecule has 0 aliphatic carbocycles. The van der Waals surface area contributed by atoms with E-state index in [1.807, 2.05) is 36.4 Å². The Morgan fingerprint density at radius 1 is 0.939 bits per heavy atom. The maximum atomic E-state index is 12.4. The van der Waals surface area contributed by atoms with E-state index < -0.39 is 6.09 Å². The van der Waals surface area contributed by atoms with E-state index in [0.717, 1.165) is 47.5 Å². The summed E-state index contributed by atoms with van der Waals surface area (Å²) in [5.74, 6) is 0.805. The molecule has 0 radical (unpaired) electrons. The van der Waals surface area contributed by atoms with E-state index in [2.05, 4.69) is 60.3 Å². The van der Waals surface area contributed by atoms with Gasteiger partial charge < -0.3 is 20.5 Å². The fourth-order valence-corrected chi connectivity index (χ4v) is 4.18. The van der Waals surface area contributed by atoms with Gasteiger partial charge in [0.1, 0.15) is 6.10 Å². The molecule has 5 nitrogen and oxygen atoms in total. The van der Waals surface area contributed by atoms with Crippen LogP contribution in [0.5, 0.6) is 0 Å². The number of ether oxygens (including phenoxy) is 1. The van der Waals surface area contributed by atoms with E-state index in [9.17, 15) is 4.79 Å². The Hall–Kier alpha value is -3.12. The maximum Gasteiger partial charge on any atom is 0.408 e. The second kappa shape index (κ2) is 12.8. The van der Waals surface area contributed by atoms with Gasteiger partial charge in [-0.1, -0.05) is 80.9 Å². The summed E-state index contributed by atoms with van der Waals surface area (Å²) in [6.07, 6.45) is 2.12. The Labute approximate surface area is 201 Å². The number of rotatable bonds is 11. The van der Waals surface area contributed by atoms with Gasteiger partial charge >= 0.3 is 6.09 Å². The molecule has 4 N–H and O–H groups in total. The van der Waals surface area contributed by atoms with Gasteiger partial charge in [-0.2, -0.15) is 0 Å². The highest BCUT2D eigenvalue weighted by Crippen LogP contribution is 2.24. The number of aryl methyl sites for hydroxylation is 1. The molecule has 1 atom stereocenters. The topological polar surface area (TPSA) is 76.4 Å². The number of hydrogen-bond donors (Lipinski definition) is 3. The highest BCUT2D eigenvalue weighted by atomic mass is 32.2. The minimum Gasteiger partial charge on any atom is -0.441 e. The summed E-state index contributed by atoms with van der Waals surface area (Å²) in [6.45, 7) is 4.66. The van der Waals surface area contributed by atoms with Crippen LogP contribution in [0.15, 0.2) is 72.8 Å². The Kier molecular flexibility index (Phi) is 9.51. The standard InChI is InChI=1S/C27H33N3O2S/c1-3-7-26(23-16-14-20(4-2)15-17-23)32-27(31)29-18-21-10-12-22(13-11-21)19-33-30-25-9-6-5-8-24(25)28/h5-6,8-17,26,30H,3-4,7,18-19,28H2,1-2H3,(H,29,31). The summed E-state index contributed by atoms with van der Waals surface area (Å²) < 4.78 is 9.01. The largest absolute Gasteiger partial charge is 0.441 e. The van der Waals surface area contributed by atoms with Gasteiger partial charge in [-0.15, -0.1) is 0 Å². The fourth-order valence-electron chi connectivity index (χ4n) is 3.41. The van der Waals surface area contributed by atoms with Gasteiger partial charge in [0.25, 0.3) is 0 Å². The SMILES string of the molecule is CCCC(OC(=O)NCc1ccc(CSNc2ccccc2N)cc1)c1ccc(CC)cc1. The molecule has 0 spiro atoms. The minimum absolute atomic E-state index is 0.230. The number of nitrogen functional groups attached to an aromatic ring is 1. The molecule has 3 aromatic rings. The lowest BCUT2D eigenvalue weighted by Gasteiger charge is -2.18. The first-order chi connectivity index (χ1) is 16.1. The molecular weight excluding hydrogens is 430 g/mol. The number of carbonyl (C=O) groups is 1. The lowest BCUT2D eigenvalue weighted by molar-refractivity contribution is 0.0916. The maximum absolute atomic E-state index is 12.4. The molecule has 0 heterocycles. The molecule has 0 aliphatic heterocycles. The molecule has 0 aliphatic rings.